The molecule has 1 heterocycles. The molecule has 0 saturated heterocycles. The van der Waals surface area contributed by atoms with Gasteiger partial charge in [0.1, 0.15) is 5.82 Å². The lowest BCUT2D eigenvalue weighted by atomic mass is 9.90. The monoisotopic (exact) mass is 501 g/mol. The first kappa shape index (κ1) is 25.5. The molecule has 0 aliphatic heterocycles. The van der Waals surface area contributed by atoms with Gasteiger partial charge in [0.2, 0.25) is 5.91 Å². The summed E-state index contributed by atoms with van der Waals surface area (Å²) in [5, 5.41) is 2.01. The van der Waals surface area contributed by atoms with E-state index in [-0.39, 0.29) is 34.8 Å². The molecule has 0 bridgehead atoms. The van der Waals surface area contributed by atoms with Crippen molar-refractivity contribution >= 4 is 29.1 Å². The normalized spacial score (nSPS) is 13.3. The molecular formula is C23H21ClFN5O5. The largest absolute Gasteiger partial charge is 0.366 e. The molecule has 35 heavy (non-hydrogen) atoms. The molecule has 0 unspecified atom stereocenters. The maximum Gasteiger partial charge on any atom is 0.341 e. The Labute approximate surface area is 203 Å². The van der Waals surface area contributed by atoms with Crippen LogP contribution in [0.3, 0.4) is 0 Å². The third-order valence-corrected chi connectivity index (χ3v) is 5.73. The molecule has 182 valence electrons. The summed E-state index contributed by atoms with van der Waals surface area (Å²) in [5.41, 5.74) is 1.83. The summed E-state index contributed by atoms with van der Waals surface area (Å²) in [7, 11) is 0. The minimum absolute atomic E-state index is 0.132. The van der Waals surface area contributed by atoms with E-state index in [0.29, 0.717) is 33.0 Å². The van der Waals surface area contributed by atoms with Crippen LogP contribution in [0.25, 0.3) is 5.69 Å². The summed E-state index contributed by atoms with van der Waals surface area (Å²) in [6, 6.07) is 1.78. The average molecular weight is 502 g/mol. The smallest absolute Gasteiger partial charge is 0.341 e. The van der Waals surface area contributed by atoms with E-state index < -0.39 is 46.9 Å². The lowest BCUT2D eigenvalue weighted by molar-refractivity contribution is -0.116. The van der Waals surface area contributed by atoms with Crippen molar-refractivity contribution in [3.63, 3.8) is 0 Å². The number of allylic oxidation sites excluding steroid dienone is 1. The minimum atomic E-state index is -1.10. The van der Waals surface area contributed by atoms with Gasteiger partial charge in [-0.2, -0.15) is 0 Å². The fraction of sp³-hybridized carbons (Fsp3) is 0.261. The summed E-state index contributed by atoms with van der Waals surface area (Å²) in [6.07, 6.45) is 8.44. The molecule has 0 radical (unpaired) electrons. The number of primary amides is 1. The van der Waals surface area contributed by atoms with Crippen LogP contribution in [0, 0.1) is 18.2 Å². The quantitative estimate of drug-likeness (QED) is 0.431. The van der Waals surface area contributed by atoms with Crippen LogP contribution in [-0.2, 0) is 22.7 Å². The molecule has 12 heteroatoms. The fourth-order valence-electron chi connectivity index (χ4n) is 3.78. The van der Waals surface area contributed by atoms with Gasteiger partial charge in [-0.25, -0.2) is 32.5 Å². The topological polar surface area (TPSA) is 138 Å². The number of halogens is 2. The number of nitrogens with two attached hydrogens (primary N) is 1. The highest BCUT2D eigenvalue weighted by molar-refractivity contribution is 6.32. The van der Waals surface area contributed by atoms with Crippen LogP contribution in [0.1, 0.15) is 25.7 Å². The lowest BCUT2D eigenvalue weighted by Gasteiger charge is -2.19. The van der Waals surface area contributed by atoms with Gasteiger partial charge < -0.3 is 11.1 Å². The van der Waals surface area contributed by atoms with E-state index in [4.69, 9.17) is 23.8 Å². The number of amides is 2. The van der Waals surface area contributed by atoms with Crippen LogP contribution in [0.2, 0.25) is 5.02 Å². The molecule has 0 fully saturated rings. The first-order valence-electron chi connectivity index (χ1n) is 10.5. The highest BCUT2D eigenvalue weighted by Crippen LogP contribution is 2.29. The second kappa shape index (κ2) is 10.4. The maximum absolute atomic E-state index is 14.7. The number of rotatable bonds is 7. The zero-order valence-corrected chi connectivity index (χ0v) is 19.2. The van der Waals surface area contributed by atoms with E-state index in [9.17, 15) is 28.4 Å². The van der Waals surface area contributed by atoms with Gasteiger partial charge in [-0.15, -0.1) is 13.0 Å². The number of aromatic nitrogens is 3. The van der Waals surface area contributed by atoms with Gasteiger partial charge in [-0.05, 0) is 37.8 Å². The Balaban J connectivity index is 2.20. The Hall–Kier alpha value is -4.17. The van der Waals surface area contributed by atoms with E-state index in [1.165, 1.54) is 6.08 Å². The Bertz CT molecular complexity index is 1490. The molecule has 1 aliphatic carbocycles. The molecule has 2 amide bonds. The number of carbonyl (C=O) groups excluding carboxylic acids is 2. The standard InChI is InChI=1S/C23H21ClFN5O5/c1-3-9-28-21(33)29(10-4-2)23(35)30(22(28)34)18-12-17(16(25)11-15(18)24)27-20(32)14-8-6-5-7-13(14)19(26)31/h1,4,11-12H,2,5-10H2,(H2,26,31)(H,27,32). The highest BCUT2D eigenvalue weighted by Gasteiger charge is 2.24. The Kier molecular flexibility index (Phi) is 7.56. The molecule has 2 aromatic rings. The van der Waals surface area contributed by atoms with Crippen LogP contribution >= 0.6 is 11.6 Å². The van der Waals surface area contributed by atoms with Gasteiger partial charge in [0.25, 0.3) is 5.91 Å². The van der Waals surface area contributed by atoms with Crippen molar-refractivity contribution in [2.75, 3.05) is 5.32 Å². The van der Waals surface area contributed by atoms with Gasteiger partial charge in [-0.1, -0.05) is 23.6 Å². The molecule has 3 N–H and O–H groups in total. The summed E-state index contributed by atoms with van der Waals surface area (Å²) in [4.78, 5) is 63.1. The third-order valence-electron chi connectivity index (χ3n) is 5.43. The van der Waals surface area contributed by atoms with Gasteiger partial charge in [0.05, 0.1) is 29.5 Å². The number of anilines is 1. The van der Waals surface area contributed by atoms with Crippen LogP contribution in [-0.4, -0.2) is 25.5 Å². The number of terminal acetylenes is 1. The SMILES string of the molecule is C#CCn1c(=O)n(CC=C)c(=O)n(-c2cc(NC(=O)C3=C(C(N)=O)CCCC3)c(F)cc2Cl)c1=O. The van der Waals surface area contributed by atoms with Crippen molar-refractivity contribution < 1.29 is 14.0 Å². The number of nitrogens with zero attached hydrogens (tertiary/aromatic N) is 3. The lowest BCUT2D eigenvalue weighted by Crippen LogP contribution is -2.53. The number of benzene rings is 1. The second-order valence-corrected chi connectivity index (χ2v) is 8.05. The summed E-state index contributed by atoms with van der Waals surface area (Å²) >= 11 is 6.15. The molecule has 0 spiro atoms. The van der Waals surface area contributed by atoms with Gasteiger partial charge >= 0.3 is 17.1 Å². The van der Waals surface area contributed by atoms with Crippen molar-refractivity contribution in [1.29, 1.82) is 0 Å². The molecule has 0 saturated carbocycles. The molecule has 0 atom stereocenters. The Morgan fingerprint density at radius 3 is 2.37 bits per heavy atom. The Morgan fingerprint density at radius 1 is 1.14 bits per heavy atom. The van der Waals surface area contributed by atoms with Gasteiger partial charge in [-0.3, -0.25) is 9.59 Å². The van der Waals surface area contributed by atoms with E-state index in [2.05, 4.69) is 17.8 Å². The fourth-order valence-corrected chi connectivity index (χ4v) is 4.02. The molecular weight excluding hydrogens is 481 g/mol. The van der Waals surface area contributed by atoms with E-state index >= 15 is 0 Å². The van der Waals surface area contributed by atoms with Crippen molar-refractivity contribution in [1.82, 2.24) is 13.7 Å². The number of hydrogen-bond donors (Lipinski definition) is 2. The molecule has 10 nitrogen and oxygen atoms in total. The maximum atomic E-state index is 14.7. The summed E-state index contributed by atoms with van der Waals surface area (Å²) in [5.74, 6) is -0.288. The van der Waals surface area contributed by atoms with Crippen molar-refractivity contribution in [2.24, 2.45) is 5.73 Å². The predicted octanol–water partition coefficient (Wildman–Crippen LogP) is 1.07. The first-order chi connectivity index (χ1) is 16.6. The van der Waals surface area contributed by atoms with Crippen LogP contribution in [0.5, 0.6) is 0 Å². The predicted molar refractivity (Wildman–Crippen MR) is 128 cm³/mol. The van der Waals surface area contributed by atoms with Crippen LogP contribution in [0.4, 0.5) is 10.1 Å². The first-order valence-corrected chi connectivity index (χ1v) is 10.8. The average Bonchev–Trinajstić information content (AvgIpc) is 2.82. The summed E-state index contributed by atoms with van der Waals surface area (Å²) in [6.45, 7) is 2.80. The zero-order valence-electron chi connectivity index (χ0n) is 18.5. The number of carbonyl (C=O) groups is 2. The van der Waals surface area contributed by atoms with Crippen LogP contribution in [0.15, 0.2) is 50.3 Å². The minimum Gasteiger partial charge on any atom is -0.366 e. The third kappa shape index (κ3) is 4.88. The molecule has 1 aromatic carbocycles. The Morgan fingerprint density at radius 2 is 1.77 bits per heavy atom. The van der Waals surface area contributed by atoms with Gasteiger partial charge in [0, 0.05) is 11.1 Å². The number of nitrogens with one attached hydrogen (secondary N) is 1. The second-order valence-electron chi connectivity index (χ2n) is 7.64. The number of hydrogen-bond acceptors (Lipinski definition) is 5. The van der Waals surface area contributed by atoms with E-state index in [1.54, 1.807) is 0 Å². The van der Waals surface area contributed by atoms with E-state index in [0.717, 1.165) is 12.1 Å². The van der Waals surface area contributed by atoms with Crippen LogP contribution < -0.4 is 28.1 Å². The van der Waals surface area contributed by atoms with E-state index in [1.807, 2.05) is 0 Å². The molecule has 3 rings (SSSR count). The zero-order chi connectivity index (χ0) is 25.9. The van der Waals surface area contributed by atoms with Crippen molar-refractivity contribution in [3.8, 4) is 18.0 Å². The molecule has 1 aliphatic rings. The molecule has 1 aromatic heterocycles. The highest BCUT2D eigenvalue weighted by atomic mass is 35.5. The summed E-state index contributed by atoms with van der Waals surface area (Å²) < 4.78 is 16.6. The van der Waals surface area contributed by atoms with Crippen molar-refractivity contribution in [3.05, 3.63) is 78.2 Å². The van der Waals surface area contributed by atoms with Gasteiger partial charge in [0.15, 0.2) is 0 Å². The van der Waals surface area contributed by atoms with Crippen molar-refractivity contribution in [2.45, 2.75) is 38.8 Å².